The molecule has 0 fully saturated rings. The fourth-order valence-corrected chi connectivity index (χ4v) is 1.55. The standard InChI is InChI=1S/C7H4BrClFNO2/c8-5-1-4(3-9)7(10)6(2-5)11(12)13/h1-2H,3H2. The highest BCUT2D eigenvalue weighted by atomic mass is 79.9. The summed E-state index contributed by atoms with van der Waals surface area (Å²) in [5.74, 6) is -0.963. The molecule has 0 amide bonds. The maximum absolute atomic E-state index is 13.2. The molecule has 0 saturated carbocycles. The molecule has 0 spiro atoms. The molecule has 70 valence electrons. The molecule has 0 bridgehead atoms. The Morgan fingerprint density at radius 3 is 2.69 bits per heavy atom. The first-order valence-electron chi connectivity index (χ1n) is 3.24. The number of nitro benzene ring substituents is 1. The molecule has 0 heterocycles. The lowest BCUT2D eigenvalue weighted by Crippen LogP contribution is -1.96. The zero-order valence-corrected chi connectivity index (χ0v) is 8.60. The van der Waals surface area contributed by atoms with Gasteiger partial charge in [-0.1, -0.05) is 15.9 Å². The highest BCUT2D eigenvalue weighted by Crippen LogP contribution is 2.26. The molecular weight excluding hydrogens is 264 g/mol. The van der Waals surface area contributed by atoms with Crippen LogP contribution in [0, 0.1) is 15.9 Å². The van der Waals surface area contributed by atoms with Crippen molar-refractivity contribution >= 4 is 33.2 Å². The van der Waals surface area contributed by atoms with Gasteiger partial charge >= 0.3 is 5.69 Å². The van der Waals surface area contributed by atoms with Gasteiger partial charge in [-0.3, -0.25) is 10.1 Å². The Kier molecular flexibility index (Phi) is 3.22. The molecule has 0 aliphatic heterocycles. The van der Waals surface area contributed by atoms with Crippen LogP contribution in [0.15, 0.2) is 16.6 Å². The van der Waals surface area contributed by atoms with Crippen LogP contribution in [-0.4, -0.2) is 4.92 Å². The van der Waals surface area contributed by atoms with Crippen molar-refractivity contribution in [3.63, 3.8) is 0 Å². The van der Waals surface area contributed by atoms with Crippen LogP contribution >= 0.6 is 27.5 Å². The van der Waals surface area contributed by atoms with Gasteiger partial charge < -0.3 is 0 Å². The summed E-state index contributed by atoms with van der Waals surface area (Å²) in [6, 6.07) is 2.51. The maximum atomic E-state index is 13.2. The third kappa shape index (κ3) is 2.16. The minimum absolute atomic E-state index is 0.0912. The number of nitro groups is 1. The fourth-order valence-electron chi connectivity index (χ4n) is 0.860. The van der Waals surface area contributed by atoms with Crippen LogP contribution in [0.3, 0.4) is 0 Å². The molecular formula is C7H4BrClFNO2. The average molecular weight is 268 g/mol. The summed E-state index contributed by atoms with van der Waals surface area (Å²) < 4.78 is 13.6. The molecule has 13 heavy (non-hydrogen) atoms. The molecule has 0 aromatic heterocycles. The van der Waals surface area contributed by atoms with Crippen LogP contribution in [0.2, 0.25) is 0 Å². The first kappa shape index (κ1) is 10.4. The summed E-state index contributed by atoms with van der Waals surface area (Å²) in [5, 5.41) is 10.3. The molecule has 0 radical (unpaired) electrons. The highest BCUT2D eigenvalue weighted by molar-refractivity contribution is 9.10. The molecule has 1 aromatic rings. The van der Waals surface area contributed by atoms with E-state index in [2.05, 4.69) is 15.9 Å². The van der Waals surface area contributed by atoms with Gasteiger partial charge in [0.05, 0.1) is 10.8 Å². The highest BCUT2D eigenvalue weighted by Gasteiger charge is 2.18. The van der Waals surface area contributed by atoms with Gasteiger partial charge in [0.25, 0.3) is 0 Å². The van der Waals surface area contributed by atoms with Gasteiger partial charge in [-0.15, -0.1) is 11.6 Å². The molecule has 0 saturated heterocycles. The first-order chi connectivity index (χ1) is 6.06. The first-order valence-corrected chi connectivity index (χ1v) is 4.57. The third-order valence-electron chi connectivity index (χ3n) is 1.43. The summed E-state index contributed by atoms with van der Waals surface area (Å²) in [6.07, 6.45) is 0. The quantitative estimate of drug-likeness (QED) is 0.469. The molecule has 1 rings (SSSR count). The molecule has 0 N–H and O–H groups in total. The SMILES string of the molecule is O=[N+]([O-])c1cc(Br)cc(CCl)c1F. The van der Waals surface area contributed by atoms with Crippen LogP contribution in [0.4, 0.5) is 10.1 Å². The van der Waals surface area contributed by atoms with E-state index in [9.17, 15) is 14.5 Å². The smallest absolute Gasteiger partial charge is 0.258 e. The van der Waals surface area contributed by atoms with E-state index in [1.807, 2.05) is 0 Å². The lowest BCUT2D eigenvalue weighted by atomic mass is 10.2. The number of halogens is 3. The van der Waals surface area contributed by atoms with Gasteiger partial charge in [0.15, 0.2) is 0 Å². The Balaban J connectivity index is 3.35. The molecule has 1 aromatic carbocycles. The van der Waals surface area contributed by atoms with E-state index in [0.717, 1.165) is 6.07 Å². The Bertz CT molecular complexity index is 359. The second-order valence-electron chi connectivity index (χ2n) is 2.29. The Morgan fingerprint density at radius 1 is 1.62 bits per heavy atom. The number of rotatable bonds is 2. The lowest BCUT2D eigenvalue weighted by molar-refractivity contribution is -0.387. The van der Waals surface area contributed by atoms with E-state index in [1.165, 1.54) is 6.07 Å². The van der Waals surface area contributed by atoms with Crippen molar-refractivity contribution < 1.29 is 9.31 Å². The molecule has 3 nitrogen and oxygen atoms in total. The third-order valence-corrected chi connectivity index (χ3v) is 2.18. The van der Waals surface area contributed by atoms with Crippen molar-refractivity contribution in [1.82, 2.24) is 0 Å². The van der Waals surface area contributed by atoms with E-state index in [1.54, 1.807) is 0 Å². The largest absolute Gasteiger partial charge is 0.306 e. The van der Waals surface area contributed by atoms with Crippen molar-refractivity contribution in [2.75, 3.05) is 0 Å². The van der Waals surface area contributed by atoms with Crippen LogP contribution in [-0.2, 0) is 5.88 Å². The van der Waals surface area contributed by atoms with Gasteiger partial charge in [-0.25, -0.2) is 0 Å². The second kappa shape index (κ2) is 4.02. The van der Waals surface area contributed by atoms with Crippen molar-refractivity contribution in [2.45, 2.75) is 5.88 Å². The predicted molar refractivity (Wildman–Crippen MR) is 50.3 cm³/mol. The zero-order chi connectivity index (χ0) is 10.0. The van der Waals surface area contributed by atoms with Gasteiger partial charge in [-0.2, -0.15) is 4.39 Å². The lowest BCUT2D eigenvalue weighted by Gasteiger charge is -2.00. The van der Waals surface area contributed by atoms with E-state index >= 15 is 0 Å². The van der Waals surface area contributed by atoms with E-state index in [0.29, 0.717) is 4.47 Å². The summed E-state index contributed by atoms with van der Waals surface area (Å²) in [5.41, 5.74) is -0.451. The number of nitrogens with zero attached hydrogens (tertiary/aromatic N) is 1. The predicted octanol–water partition coefficient (Wildman–Crippen LogP) is 3.24. The number of hydrogen-bond donors (Lipinski definition) is 0. The summed E-state index contributed by atoms with van der Waals surface area (Å²) in [7, 11) is 0. The molecule has 0 unspecified atom stereocenters. The van der Waals surface area contributed by atoms with Gasteiger partial charge in [-0.05, 0) is 6.07 Å². The monoisotopic (exact) mass is 267 g/mol. The van der Waals surface area contributed by atoms with Crippen molar-refractivity contribution in [1.29, 1.82) is 0 Å². The van der Waals surface area contributed by atoms with Crippen LogP contribution in [0.25, 0.3) is 0 Å². The van der Waals surface area contributed by atoms with Crippen LogP contribution in [0.5, 0.6) is 0 Å². The normalized spacial score (nSPS) is 10.1. The Labute approximate surface area is 86.8 Å². The molecule has 0 atom stereocenters. The minimum atomic E-state index is -0.872. The Morgan fingerprint density at radius 2 is 2.23 bits per heavy atom. The number of hydrogen-bond acceptors (Lipinski definition) is 2. The second-order valence-corrected chi connectivity index (χ2v) is 3.47. The molecule has 0 aliphatic rings. The zero-order valence-electron chi connectivity index (χ0n) is 6.26. The summed E-state index contributed by atoms with van der Waals surface area (Å²) in [6.45, 7) is 0. The summed E-state index contributed by atoms with van der Waals surface area (Å²) >= 11 is 8.42. The van der Waals surface area contributed by atoms with Crippen molar-refractivity contribution in [2.24, 2.45) is 0 Å². The summed E-state index contributed by atoms with van der Waals surface area (Å²) in [4.78, 5) is 9.56. The average Bonchev–Trinajstić information content (AvgIpc) is 2.08. The van der Waals surface area contributed by atoms with Gasteiger partial charge in [0.1, 0.15) is 0 Å². The number of alkyl halides is 1. The van der Waals surface area contributed by atoms with Gasteiger partial charge in [0.2, 0.25) is 5.82 Å². The molecule has 6 heteroatoms. The van der Waals surface area contributed by atoms with Crippen molar-refractivity contribution in [3.05, 3.63) is 38.1 Å². The topological polar surface area (TPSA) is 43.1 Å². The Hall–Kier alpha value is -0.680. The van der Waals surface area contributed by atoms with Gasteiger partial charge in [0, 0.05) is 16.1 Å². The van der Waals surface area contributed by atoms with E-state index < -0.39 is 16.4 Å². The van der Waals surface area contributed by atoms with Crippen molar-refractivity contribution in [3.8, 4) is 0 Å². The maximum Gasteiger partial charge on any atom is 0.306 e. The van der Waals surface area contributed by atoms with E-state index in [4.69, 9.17) is 11.6 Å². The number of benzene rings is 1. The molecule has 0 aliphatic carbocycles. The van der Waals surface area contributed by atoms with E-state index in [-0.39, 0.29) is 11.4 Å². The minimum Gasteiger partial charge on any atom is -0.258 e. The van der Waals surface area contributed by atoms with Crippen LogP contribution < -0.4 is 0 Å². The van der Waals surface area contributed by atoms with Crippen LogP contribution in [0.1, 0.15) is 5.56 Å². The fraction of sp³-hybridized carbons (Fsp3) is 0.143.